The zero-order valence-corrected chi connectivity index (χ0v) is 16.9. The molecule has 0 fully saturated rings. The number of rotatable bonds is 7. The van der Waals surface area contributed by atoms with Crippen LogP contribution in [0.15, 0.2) is 47.3 Å². The van der Waals surface area contributed by atoms with Gasteiger partial charge in [-0.15, -0.1) is 0 Å². The molecule has 0 aliphatic carbocycles. The molecule has 30 heavy (non-hydrogen) atoms. The number of hydrogen-bond acceptors (Lipinski definition) is 7. The van der Waals surface area contributed by atoms with Gasteiger partial charge in [-0.05, 0) is 42.7 Å². The highest BCUT2D eigenvalue weighted by Crippen LogP contribution is 2.33. The Morgan fingerprint density at radius 2 is 1.83 bits per heavy atom. The maximum atomic E-state index is 12.0. The Bertz CT molecular complexity index is 1120. The summed E-state index contributed by atoms with van der Waals surface area (Å²) in [6.45, 7) is 4.42. The monoisotopic (exact) mass is 408 g/mol. The molecule has 0 unspecified atom stereocenters. The van der Waals surface area contributed by atoms with E-state index < -0.39 is 5.56 Å². The fraction of sp³-hybridized carbons (Fsp3) is 0.227. The number of nitrogens with one attached hydrogen (secondary N) is 1. The molecular formula is C22H24N4O4. The molecule has 1 heterocycles. The second-order valence-corrected chi connectivity index (χ2v) is 6.54. The first-order valence-corrected chi connectivity index (χ1v) is 9.60. The molecule has 3 rings (SSSR count). The van der Waals surface area contributed by atoms with Crippen molar-refractivity contribution in [3.8, 4) is 28.3 Å². The zero-order chi connectivity index (χ0) is 21.7. The fourth-order valence-corrected chi connectivity index (χ4v) is 3.04. The van der Waals surface area contributed by atoms with Crippen molar-refractivity contribution in [2.45, 2.75) is 20.3 Å². The minimum Gasteiger partial charge on any atom is -0.493 e. The average Bonchev–Trinajstić information content (AvgIpc) is 2.72. The van der Waals surface area contributed by atoms with Crippen molar-refractivity contribution in [2.75, 3.05) is 24.7 Å². The van der Waals surface area contributed by atoms with E-state index in [1.165, 1.54) is 0 Å². The van der Waals surface area contributed by atoms with Gasteiger partial charge in [-0.3, -0.25) is 9.59 Å². The van der Waals surface area contributed by atoms with Crippen molar-refractivity contribution in [3.63, 3.8) is 0 Å². The first kappa shape index (κ1) is 20.9. The Morgan fingerprint density at radius 3 is 2.53 bits per heavy atom. The lowest BCUT2D eigenvalue weighted by atomic mass is 10.00. The van der Waals surface area contributed by atoms with Crippen molar-refractivity contribution in [1.82, 2.24) is 9.97 Å². The lowest BCUT2D eigenvalue weighted by molar-refractivity contribution is -0.142. The van der Waals surface area contributed by atoms with Crippen LogP contribution in [0.2, 0.25) is 0 Å². The summed E-state index contributed by atoms with van der Waals surface area (Å²) in [5.41, 5.74) is 14.0. The smallest absolute Gasteiger partial charge is 0.310 e. The van der Waals surface area contributed by atoms with Gasteiger partial charge in [-0.1, -0.05) is 30.3 Å². The summed E-state index contributed by atoms with van der Waals surface area (Å²) in [6.07, 6.45) is 0.202. The van der Waals surface area contributed by atoms with Gasteiger partial charge in [0.25, 0.3) is 5.56 Å². The number of carbonyl (C=O) groups excluding carboxylic acids is 1. The number of nitrogens with zero attached hydrogens (tertiary/aromatic N) is 1. The van der Waals surface area contributed by atoms with Crippen LogP contribution in [0.3, 0.4) is 0 Å². The van der Waals surface area contributed by atoms with Gasteiger partial charge in [-0.2, -0.15) is 0 Å². The van der Waals surface area contributed by atoms with Gasteiger partial charge < -0.3 is 25.9 Å². The first-order chi connectivity index (χ1) is 14.4. The fourth-order valence-electron chi connectivity index (χ4n) is 3.04. The van der Waals surface area contributed by atoms with Gasteiger partial charge in [-0.25, -0.2) is 4.98 Å². The van der Waals surface area contributed by atoms with Crippen LogP contribution < -0.4 is 21.8 Å². The SMILES string of the molecule is CCOC(=O)Cc1cccc(-c2ccc(-c3nc(N)c(N)c(=O)[nH]3)c(OCC)c2)c1. The van der Waals surface area contributed by atoms with E-state index in [0.717, 1.165) is 16.7 Å². The highest BCUT2D eigenvalue weighted by molar-refractivity contribution is 5.76. The molecule has 0 saturated heterocycles. The normalized spacial score (nSPS) is 10.6. The number of hydrogen-bond donors (Lipinski definition) is 3. The van der Waals surface area contributed by atoms with E-state index in [1.54, 1.807) is 13.0 Å². The number of aromatic amines is 1. The lowest BCUT2D eigenvalue weighted by Gasteiger charge is -2.13. The predicted molar refractivity (Wildman–Crippen MR) is 116 cm³/mol. The van der Waals surface area contributed by atoms with Crippen molar-refractivity contribution in [3.05, 3.63) is 58.4 Å². The molecule has 0 radical (unpaired) electrons. The summed E-state index contributed by atoms with van der Waals surface area (Å²) in [5.74, 6) is 0.513. The number of anilines is 2. The van der Waals surface area contributed by atoms with Crippen LogP contribution in [0.4, 0.5) is 11.5 Å². The third-order valence-electron chi connectivity index (χ3n) is 4.44. The van der Waals surface area contributed by atoms with E-state index in [2.05, 4.69) is 9.97 Å². The van der Waals surface area contributed by atoms with Gasteiger partial charge >= 0.3 is 5.97 Å². The molecule has 0 atom stereocenters. The van der Waals surface area contributed by atoms with Crippen molar-refractivity contribution >= 4 is 17.5 Å². The molecule has 3 aromatic rings. The van der Waals surface area contributed by atoms with Gasteiger partial charge in [0, 0.05) is 0 Å². The molecule has 0 amide bonds. The topological polar surface area (TPSA) is 133 Å². The molecule has 2 aromatic carbocycles. The van der Waals surface area contributed by atoms with E-state index in [9.17, 15) is 9.59 Å². The van der Waals surface area contributed by atoms with E-state index in [1.807, 2.05) is 43.3 Å². The number of H-pyrrole nitrogens is 1. The van der Waals surface area contributed by atoms with E-state index in [-0.39, 0.29) is 29.7 Å². The molecule has 8 nitrogen and oxygen atoms in total. The maximum absolute atomic E-state index is 12.0. The van der Waals surface area contributed by atoms with E-state index in [4.69, 9.17) is 20.9 Å². The summed E-state index contributed by atoms with van der Waals surface area (Å²) in [4.78, 5) is 30.6. The first-order valence-electron chi connectivity index (χ1n) is 9.60. The summed E-state index contributed by atoms with van der Waals surface area (Å²) >= 11 is 0. The van der Waals surface area contributed by atoms with E-state index in [0.29, 0.717) is 24.5 Å². The van der Waals surface area contributed by atoms with Crippen molar-refractivity contribution in [1.29, 1.82) is 0 Å². The van der Waals surface area contributed by atoms with Crippen LogP contribution in [-0.4, -0.2) is 29.2 Å². The van der Waals surface area contributed by atoms with Gasteiger partial charge in [0.05, 0.1) is 25.2 Å². The van der Waals surface area contributed by atoms with Crippen molar-refractivity contribution < 1.29 is 14.3 Å². The standard InChI is InChI=1S/C22H24N4O4/c1-3-29-17-12-15(14-7-5-6-13(10-14)11-18(27)30-4-2)8-9-16(17)21-25-20(24)19(23)22(28)26-21/h5-10,12H,3-4,11,23H2,1-2H3,(H3,24,25,26,28). The third-order valence-corrected chi connectivity index (χ3v) is 4.44. The minimum atomic E-state index is -0.504. The highest BCUT2D eigenvalue weighted by atomic mass is 16.5. The average molecular weight is 408 g/mol. The van der Waals surface area contributed by atoms with Gasteiger partial charge in [0.15, 0.2) is 5.82 Å². The lowest BCUT2D eigenvalue weighted by Crippen LogP contribution is -2.17. The molecule has 156 valence electrons. The molecule has 0 saturated carbocycles. The summed E-state index contributed by atoms with van der Waals surface area (Å²) < 4.78 is 10.8. The Labute approximate surface area is 173 Å². The zero-order valence-electron chi connectivity index (χ0n) is 16.9. The summed E-state index contributed by atoms with van der Waals surface area (Å²) in [7, 11) is 0. The maximum Gasteiger partial charge on any atom is 0.310 e. The minimum absolute atomic E-state index is 0.0352. The molecule has 0 bridgehead atoms. The molecule has 0 spiro atoms. The predicted octanol–water partition coefficient (Wildman–Crippen LogP) is 2.77. The quantitative estimate of drug-likeness (QED) is 0.512. The Hall–Kier alpha value is -3.81. The largest absolute Gasteiger partial charge is 0.493 e. The van der Waals surface area contributed by atoms with Crippen molar-refractivity contribution in [2.24, 2.45) is 0 Å². The second kappa shape index (κ2) is 9.13. The molecule has 5 N–H and O–H groups in total. The second-order valence-electron chi connectivity index (χ2n) is 6.54. The number of nitrogen functional groups attached to an aromatic ring is 2. The highest BCUT2D eigenvalue weighted by Gasteiger charge is 2.14. The molecule has 0 aliphatic rings. The van der Waals surface area contributed by atoms with Gasteiger partial charge in [0.1, 0.15) is 17.3 Å². The molecule has 8 heteroatoms. The Morgan fingerprint density at radius 1 is 1.07 bits per heavy atom. The number of benzene rings is 2. The van der Waals surface area contributed by atoms with Crippen LogP contribution in [0, 0.1) is 0 Å². The number of aromatic nitrogens is 2. The Balaban J connectivity index is 2.00. The van der Waals surface area contributed by atoms with Crippen LogP contribution in [0.5, 0.6) is 5.75 Å². The Kier molecular flexibility index (Phi) is 6.36. The summed E-state index contributed by atoms with van der Waals surface area (Å²) in [6, 6.07) is 13.2. The van der Waals surface area contributed by atoms with Crippen LogP contribution >= 0.6 is 0 Å². The van der Waals surface area contributed by atoms with Crippen LogP contribution in [0.1, 0.15) is 19.4 Å². The summed E-state index contributed by atoms with van der Waals surface area (Å²) in [5, 5.41) is 0. The molecular weight excluding hydrogens is 384 g/mol. The third kappa shape index (κ3) is 4.60. The number of ether oxygens (including phenoxy) is 2. The number of esters is 1. The van der Waals surface area contributed by atoms with E-state index >= 15 is 0 Å². The number of nitrogens with two attached hydrogens (primary N) is 2. The van der Waals surface area contributed by atoms with Crippen LogP contribution in [-0.2, 0) is 16.0 Å². The van der Waals surface area contributed by atoms with Crippen LogP contribution in [0.25, 0.3) is 22.5 Å². The molecule has 1 aromatic heterocycles. The van der Waals surface area contributed by atoms with Gasteiger partial charge in [0.2, 0.25) is 0 Å². The number of carbonyl (C=O) groups is 1. The molecule has 0 aliphatic heterocycles.